The molecule has 0 spiro atoms. The van der Waals surface area contributed by atoms with Gasteiger partial charge in [-0.2, -0.15) is 0 Å². The predicted molar refractivity (Wildman–Crippen MR) is 71.9 cm³/mol. The maximum Gasteiger partial charge on any atom is 0.326 e. The van der Waals surface area contributed by atoms with Crippen LogP contribution in [0.4, 0.5) is 0 Å². The molecule has 1 saturated heterocycles. The Hall–Kier alpha value is -1.84. The Morgan fingerprint density at radius 3 is 2.84 bits per heavy atom. The molecule has 4 heteroatoms. The van der Waals surface area contributed by atoms with Crippen molar-refractivity contribution < 1.29 is 14.7 Å². The van der Waals surface area contributed by atoms with Crippen LogP contribution in [0.25, 0.3) is 0 Å². The van der Waals surface area contributed by atoms with Crippen LogP contribution in [0.3, 0.4) is 0 Å². The van der Waals surface area contributed by atoms with Gasteiger partial charge in [0.15, 0.2) is 0 Å². The van der Waals surface area contributed by atoms with E-state index in [4.69, 9.17) is 0 Å². The van der Waals surface area contributed by atoms with Gasteiger partial charge in [0.05, 0.1) is 6.42 Å². The summed E-state index contributed by atoms with van der Waals surface area (Å²) in [6, 6.07) is 7.13. The fourth-order valence-electron chi connectivity index (χ4n) is 2.59. The van der Waals surface area contributed by atoms with Gasteiger partial charge in [-0.15, -0.1) is 0 Å². The molecule has 1 aromatic rings. The number of carboxylic acid groups (broad SMARTS) is 1. The average molecular weight is 261 g/mol. The topological polar surface area (TPSA) is 57.6 Å². The first kappa shape index (κ1) is 13.6. The van der Waals surface area contributed by atoms with Crippen LogP contribution >= 0.6 is 0 Å². The van der Waals surface area contributed by atoms with Crippen LogP contribution in [0.1, 0.15) is 30.4 Å². The molecule has 0 aliphatic carbocycles. The lowest BCUT2D eigenvalue weighted by Gasteiger charge is -2.33. The Bertz CT molecular complexity index is 484. The maximum absolute atomic E-state index is 12.3. The van der Waals surface area contributed by atoms with Crippen LogP contribution in [-0.4, -0.2) is 34.5 Å². The molecule has 1 aromatic carbocycles. The molecule has 4 nitrogen and oxygen atoms in total. The second-order valence-electron chi connectivity index (χ2n) is 5.10. The molecule has 1 amide bonds. The molecular weight excluding hydrogens is 242 g/mol. The fraction of sp³-hybridized carbons (Fsp3) is 0.467. The van der Waals surface area contributed by atoms with Gasteiger partial charge in [-0.25, -0.2) is 4.79 Å². The summed E-state index contributed by atoms with van der Waals surface area (Å²) in [5.74, 6) is -0.977. The number of amides is 1. The van der Waals surface area contributed by atoms with Crippen LogP contribution in [0.5, 0.6) is 0 Å². The predicted octanol–water partition coefficient (Wildman–Crippen LogP) is 2.00. The van der Waals surface area contributed by atoms with E-state index >= 15 is 0 Å². The Morgan fingerprint density at radius 2 is 2.16 bits per heavy atom. The van der Waals surface area contributed by atoms with E-state index in [1.54, 1.807) is 0 Å². The second kappa shape index (κ2) is 5.87. The molecule has 102 valence electrons. The fourth-order valence-corrected chi connectivity index (χ4v) is 2.59. The smallest absolute Gasteiger partial charge is 0.326 e. The van der Waals surface area contributed by atoms with Crippen molar-refractivity contribution >= 4 is 11.9 Å². The van der Waals surface area contributed by atoms with Gasteiger partial charge in [-0.05, 0) is 31.7 Å². The highest BCUT2D eigenvalue weighted by Crippen LogP contribution is 2.18. The number of carbonyl (C=O) groups is 2. The van der Waals surface area contributed by atoms with Crippen molar-refractivity contribution in [2.75, 3.05) is 6.54 Å². The number of aryl methyl sites for hydroxylation is 1. The van der Waals surface area contributed by atoms with Crippen LogP contribution < -0.4 is 0 Å². The Kier molecular flexibility index (Phi) is 4.20. The molecule has 0 bridgehead atoms. The summed E-state index contributed by atoms with van der Waals surface area (Å²) in [4.78, 5) is 25.0. The summed E-state index contributed by atoms with van der Waals surface area (Å²) < 4.78 is 0. The van der Waals surface area contributed by atoms with E-state index in [9.17, 15) is 14.7 Å². The molecular formula is C15H19NO3. The summed E-state index contributed by atoms with van der Waals surface area (Å²) in [5.41, 5.74) is 2.05. The quantitative estimate of drug-likeness (QED) is 0.905. The van der Waals surface area contributed by atoms with Crippen LogP contribution in [0.2, 0.25) is 0 Å². The SMILES string of the molecule is Cc1cccc(CC(=O)N2CCCC[C@@H]2C(=O)O)c1. The normalized spacial score (nSPS) is 19.2. The number of carbonyl (C=O) groups excluding carboxylic acids is 1. The van der Waals surface area contributed by atoms with Crippen LogP contribution in [0.15, 0.2) is 24.3 Å². The number of rotatable bonds is 3. The Balaban J connectivity index is 2.07. The van der Waals surface area contributed by atoms with Crippen molar-refractivity contribution in [3.05, 3.63) is 35.4 Å². The molecule has 0 aromatic heterocycles. The van der Waals surface area contributed by atoms with E-state index in [1.165, 1.54) is 4.90 Å². The zero-order valence-electron chi connectivity index (χ0n) is 11.1. The molecule has 0 saturated carbocycles. The molecule has 0 unspecified atom stereocenters. The number of hydrogen-bond acceptors (Lipinski definition) is 2. The zero-order valence-corrected chi connectivity index (χ0v) is 11.1. The van der Waals surface area contributed by atoms with E-state index < -0.39 is 12.0 Å². The molecule has 1 atom stereocenters. The largest absolute Gasteiger partial charge is 0.480 e. The molecule has 1 aliphatic heterocycles. The zero-order chi connectivity index (χ0) is 13.8. The van der Waals surface area contributed by atoms with E-state index in [0.717, 1.165) is 24.0 Å². The van der Waals surface area contributed by atoms with Gasteiger partial charge in [-0.3, -0.25) is 4.79 Å². The van der Waals surface area contributed by atoms with Gasteiger partial charge < -0.3 is 10.0 Å². The lowest BCUT2D eigenvalue weighted by atomic mass is 10.0. The number of piperidine rings is 1. The van der Waals surface area contributed by atoms with E-state index in [2.05, 4.69) is 0 Å². The molecule has 0 radical (unpaired) electrons. The first-order valence-corrected chi connectivity index (χ1v) is 6.66. The van der Waals surface area contributed by atoms with Crippen molar-refractivity contribution in [1.29, 1.82) is 0 Å². The number of benzene rings is 1. The highest BCUT2D eigenvalue weighted by Gasteiger charge is 2.31. The van der Waals surface area contributed by atoms with Crippen LogP contribution in [0, 0.1) is 6.92 Å². The number of aliphatic carboxylic acids is 1. The molecule has 1 N–H and O–H groups in total. The van der Waals surface area contributed by atoms with Crippen molar-refractivity contribution in [2.45, 2.75) is 38.6 Å². The summed E-state index contributed by atoms with van der Waals surface area (Å²) in [7, 11) is 0. The van der Waals surface area contributed by atoms with Gasteiger partial charge in [-0.1, -0.05) is 29.8 Å². The summed E-state index contributed by atoms with van der Waals surface area (Å²) in [5, 5.41) is 9.17. The van der Waals surface area contributed by atoms with Crippen molar-refractivity contribution in [2.24, 2.45) is 0 Å². The highest BCUT2D eigenvalue weighted by atomic mass is 16.4. The number of hydrogen-bond donors (Lipinski definition) is 1. The monoisotopic (exact) mass is 261 g/mol. The Morgan fingerprint density at radius 1 is 1.37 bits per heavy atom. The van der Waals surface area contributed by atoms with Crippen molar-refractivity contribution in [3.8, 4) is 0 Å². The minimum absolute atomic E-state index is 0.0855. The lowest BCUT2D eigenvalue weighted by Crippen LogP contribution is -2.48. The molecule has 2 rings (SSSR count). The average Bonchev–Trinajstić information content (AvgIpc) is 2.38. The third kappa shape index (κ3) is 3.34. The number of carboxylic acids is 1. The molecule has 1 heterocycles. The highest BCUT2D eigenvalue weighted by molar-refractivity contribution is 5.85. The molecule has 1 aliphatic rings. The first-order chi connectivity index (χ1) is 9.08. The van der Waals surface area contributed by atoms with E-state index in [-0.39, 0.29) is 12.3 Å². The third-order valence-electron chi connectivity index (χ3n) is 3.55. The lowest BCUT2D eigenvalue weighted by molar-refractivity contribution is -0.151. The van der Waals surface area contributed by atoms with Crippen molar-refractivity contribution in [3.63, 3.8) is 0 Å². The summed E-state index contributed by atoms with van der Waals surface area (Å²) in [6.45, 7) is 2.54. The summed E-state index contributed by atoms with van der Waals surface area (Å²) in [6.07, 6.45) is 2.62. The minimum Gasteiger partial charge on any atom is -0.480 e. The molecule has 19 heavy (non-hydrogen) atoms. The number of likely N-dealkylation sites (tertiary alicyclic amines) is 1. The Labute approximate surface area is 113 Å². The second-order valence-corrected chi connectivity index (χ2v) is 5.10. The minimum atomic E-state index is -0.891. The first-order valence-electron chi connectivity index (χ1n) is 6.66. The van der Waals surface area contributed by atoms with Crippen LogP contribution in [-0.2, 0) is 16.0 Å². The van der Waals surface area contributed by atoms with E-state index in [1.807, 2.05) is 31.2 Å². The van der Waals surface area contributed by atoms with Crippen molar-refractivity contribution in [1.82, 2.24) is 4.90 Å². The van der Waals surface area contributed by atoms with Gasteiger partial charge in [0, 0.05) is 6.54 Å². The van der Waals surface area contributed by atoms with Gasteiger partial charge >= 0.3 is 5.97 Å². The molecule has 1 fully saturated rings. The number of nitrogens with zero attached hydrogens (tertiary/aromatic N) is 1. The third-order valence-corrected chi connectivity index (χ3v) is 3.55. The van der Waals surface area contributed by atoms with Gasteiger partial charge in [0.1, 0.15) is 6.04 Å². The van der Waals surface area contributed by atoms with Gasteiger partial charge in [0.2, 0.25) is 5.91 Å². The maximum atomic E-state index is 12.3. The standard InChI is InChI=1S/C15H19NO3/c1-11-5-4-6-12(9-11)10-14(17)16-8-3-2-7-13(16)15(18)19/h4-6,9,13H,2-3,7-8,10H2,1H3,(H,18,19)/t13-/m1/s1. The summed E-state index contributed by atoms with van der Waals surface area (Å²) >= 11 is 0. The van der Waals surface area contributed by atoms with Gasteiger partial charge in [0.25, 0.3) is 0 Å². The van der Waals surface area contributed by atoms with E-state index in [0.29, 0.717) is 13.0 Å².